The van der Waals surface area contributed by atoms with E-state index in [4.69, 9.17) is 18.3 Å². The van der Waals surface area contributed by atoms with Gasteiger partial charge in [-0.25, -0.2) is 0 Å². The standard InChI is InChI=1S/C126H144B2N4O4/c1-115(2,3)73-49-51-95-101(65-73)131(85-61-79(121(19,20)21)55-80(62-85)122(22,23)24)103-67-87(129(83-57-75(117(7,8)9)53-76(58-83)118(10,11)12)99-47-39-43-91-89-41-37-45-93(125(31,32)33)111(89)135-113(91)99)68-104-109(103)127(95)97-72-106-98(71-102(97)132(104)86-63-81(123(25,26)27)56-82(64-86)124(28,29)30)128-96-52-50-74(116(4,5)6)66-105(96)133-107-69-88(70-108(134-106)110(107)128)130(84-59-77(119(13,14)15)54-78(60-84)120(16,17)18)100-48-40-44-92-90-42-38-46-94(126(34,35)36)112(90)136-114(92)100/h37-72H,1-36H3. The lowest BCUT2D eigenvalue weighted by Gasteiger charge is -2.46. The fraction of sp³-hybridized carbons (Fsp3) is 0.381. The third-order valence-electron chi connectivity index (χ3n) is 29.6. The Morgan fingerprint density at radius 1 is 0.213 bits per heavy atom. The van der Waals surface area contributed by atoms with Crippen molar-refractivity contribution in [3.05, 3.63) is 285 Å². The van der Waals surface area contributed by atoms with Gasteiger partial charge in [-0.3, -0.25) is 0 Å². The normalized spacial score (nSPS) is 14.4. The highest BCUT2D eigenvalue weighted by molar-refractivity contribution is 7.01. The second-order valence-electron chi connectivity index (χ2n) is 52.6. The summed E-state index contributed by atoms with van der Waals surface area (Å²) in [6.07, 6.45) is 0. The Bertz CT molecular complexity index is 7310. The van der Waals surface area contributed by atoms with Gasteiger partial charge in [0.1, 0.15) is 34.2 Å². The van der Waals surface area contributed by atoms with E-state index in [9.17, 15) is 0 Å². The van der Waals surface area contributed by atoms with Crippen LogP contribution in [0.5, 0.6) is 23.0 Å². The maximum atomic E-state index is 8.24. The minimum absolute atomic E-state index is 0.198. The molecule has 0 saturated carbocycles. The largest absolute Gasteiger partial charge is 0.458 e. The number of hydrogen-bond donors (Lipinski definition) is 0. The average molecular weight is 1800 g/mol. The van der Waals surface area contributed by atoms with E-state index in [2.05, 4.69) is 487 Å². The average Bonchev–Trinajstić information content (AvgIpc) is 1.01. The van der Waals surface area contributed by atoms with Crippen LogP contribution < -0.4 is 61.9 Å². The van der Waals surface area contributed by atoms with E-state index in [1.807, 2.05) is 0 Å². The smallest absolute Gasteiger partial charge is 0.260 e. The molecule has 0 fully saturated rings. The molecule has 698 valence electrons. The van der Waals surface area contributed by atoms with Crippen LogP contribution in [0.2, 0.25) is 0 Å². The summed E-state index contributed by atoms with van der Waals surface area (Å²) in [5, 5.41) is 4.31. The molecule has 0 radical (unpaired) electrons. The monoisotopic (exact) mass is 1800 g/mol. The first kappa shape index (κ1) is 93.4. The van der Waals surface area contributed by atoms with Crippen molar-refractivity contribution in [1.82, 2.24) is 0 Å². The third kappa shape index (κ3) is 16.1. The van der Waals surface area contributed by atoms with Crippen LogP contribution in [0.1, 0.15) is 316 Å². The van der Waals surface area contributed by atoms with Gasteiger partial charge in [0.05, 0.1) is 22.7 Å². The van der Waals surface area contributed by atoms with Crippen LogP contribution >= 0.6 is 0 Å². The van der Waals surface area contributed by atoms with E-state index in [0.717, 1.165) is 163 Å². The van der Waals surface area contributed by atoms with Crippen LogP contribution in [0.3, 0.4) is 0 Å². The Hall–Kier alpha value is -11.6. The van der Waals surface area contributed by atoms with Crippen molar-refractivity contribution in [3.8, 4) is 23.0 Å². The first-order valence-corrected chi connectivity index (χ1v) is 49.9. The van der Waals surface area contributed by atoms with Crippen molar-refractivity contribution in [3.63, 3.8) is 0 Å². The molecule has 6 heterocycles. The first-order chi connectivity index (χ1) is 63.0. The van der Waals surface area contributed by atoms with Gasteiger partial charge in [-0.1, -0.05) is 358 Å². The summed E-state index contributed by atoms with van der Waals surface area (Å²) in [6, 6.07) is 86.1. The van der Waals surface area contributed by atoms with E-state index >= 15 is 0 Å². The molecular formula is C126H144B2N4O4. The highest BCUT2D eigenvalue weighted by Gasteiger charge is 2.50. The molecule has 0 unspecified atom stereocenters. The summed E-state index contributed by atoms with van der Waals surface area (Å²) < 4.78 is 31.3. The SMILES string of the molecule is CC(C)(C)c1cc(N2c3cc(C(C)(C)C)ccc3B3c4cc5c(cc4N(c4cc(C(C)(C)C)cc(C(C)(C)C)c4)c4cc(N(c6cc(C(C)(C)C)cc(C(C)(C)C)c6)c6cccc7c6oc6c(C(C)(C)C)cccc67)cc2c43)B2c3ccc(C(C)(C)C)cc3Oc3cc(N(c4cc(C(C)(C)C)cc(C(C)(C)C)c4)c4cccc6c4oc4c(C(C)(C)C)cccc46)cc(c32)O5)cc(C(C)(C)C)c1. The zero-order chi connectivity index (χ0) is 98.0. The molecule has 0 amide bonds. The summed E-state index contributed by atoms with van der Waals surface area (Å²) in [4.78, 5) is 10.4. The minimum atomic E-state index is -0.372. The quantitative estimate of drug-likeness (QED) is 0.140. The maximum Gasteiger partial charge on any atom is 0.260 e. The fourth-order valence-electron chi connectivity index (χ4n) is 21.1. The number of anilines is 12. The van der Waals surface area contributed by atoms with E-state index in [-0.39, 0.29) is 78.4 Å². The van der Waals surface area contributed by atoms with Gasteiger partial charge in [0.25, 0.3) is 13.4 Å². The van der Waals surface area contributed by atoms with Crippen molar-refractivity contribution in [2.75, 3.05) is 19.6 Å². The van der Waals surface area contributed by atoms with E-state index < -0.39 is 0 Å². The van der Waals surface area contributed by atoms with Crippen molar-refractivity contribution >= 4 is 158 Å². The Morgan fingerprint density at radius 2 is 0.515 bits per heavy atom. The minimum Gasteiger partial charge on any atom is -0.458 e. The van der Waals surface area contributed by atoms with Gasteiger partial charge < -0.3 is 37.9 Å². The molecule has 0 atom stereocenters. The molecule has 0 N–H and O–H groups in total. The highest BCUT2D eigenvalue weighted by atomic mass is 16.5. The molecule has 13 aromatic carbocycles. The topological polar surface area (TPSA) is 57.7 Å². The number of rotatable bonds is 8. The lowest BCUT2D eigenvalue weighted by Crippen LogP contribution is -2.63. The number of nitrogens with zero attached hydrogens (tertiary/aromatic N) is 4. The lowest BCUT2D eigenvalue weighted by atomic mass is 9.31. The summed E-state index contributed by atoms with van der Waals surface area (Å²) in [5.74, 6) is 3.10. The van der Waals surface area contributed by atoms with Gasteiger partial charge in [-0.15, -0.1) is 0 Å². The van der Waals surface area contributed by atoms with Crippen molar-refractivity contribution in [2.45, 2.75) is 314 Å². The van der Waals surface area contributed by atoms with Crippen LogP contribution in [0, 0.1) is 0 Å². The molecule has 4 aliphatic heterocycles. The Morgan fingerprint density at radius 3 is 0.875 bits per heavy atom. The van der Waals surface area contributed by atoms with Crippen molar-refractivity contribution in [2.24, 2.45) is 0 Å². The van der Waals surface area contributed by atoms with Gasteiger partial charge >= 0.3 is 0 Å². The molecule has 2 aromatic heterocycles. The predicted octanol–water partition coefficient (Wildman–Crippen LogP) is 32.8. The molecule has 10 heteroatoms. The molecule has 4 aliphatic rings. The molecule has 8 nitrogen and oxygen atoms in total. The van der Waals surface area contributed by atoms with Crippen LogP contribution in [-0.4, -0.2) is 13.4 Å². The van der Waals surface area contributed by atoms with E-state index in [0.29, 0.717) is 0 Å². The number of furan rings is 2. The van der Waals surface area contributed by atoms with Crippen LogP contribution in [0.4, 0.5) is 68.2 Å². The lowest BCUT2D eigenvalue weighted by molar-refractivity contribution is 0.463. The highest BCUT2D eigenvalue weighted by Crippen LogP contribution is 2.57. The molecule has 19 rings (SSSR count). The first-order valence-electron chi connectivity index (χ1n) is 49.9. The van der Waals surface area contributed by atoms with Crippen LogP contribution in [0.15, 0.2) is 227 Å². The molecule has 0 spiro atoms. The number of hydrogen-bond acceptors (Lipinski definition) is 8. The van der Waals surface area contributed by atoms with E-state index in [1.54, 1.807) is 0 Å². The van der Waals surface area contributed by atoms with Gasteiger partial charge in [-0.05, 0) is 245 Å². The molecule has 136 heavy (non-hydrogen) atoms. The van der Waals surface area contributed by atoms with Crippen LogP contribution in [0.25, 0.3) is 43.9 Å². The fourth-order valence-corrected chi connectivity index (χ4v) is 21.1. The van der Waals surface area contributed by atoms with Gasteiger partial charge in [0, 0.05) is 95.8 Å². The maximum absolute atomic E-state index is 8.24. The summed E-state index contributed by atoms with van der Waals surface area (Å²) >= 11 is 0. The number of benzene rings is 13. The Labute approximate surface area is 813 Å². The Kier molecular flexibility index (Phi) is 21.3. The number of fused-ring (bicyclic) bond motifs is 14. The molecule has 0 saturated heterocycles. The summed E-state index contributed by atoms with van der Waals surface area (Å²) in [6.45, 7) is 83.8. The molecule has 15 aromatic rings. The van der Waals surface area contributed by atoms with Gasteiger partial charge in [-0.2, -0.15) is 0 Å². The predicted molar refractivity (Wildman–Crippen MR) is 586 cm³/mol. The van der Waals surface area contributed by atoms with E-state index in [1.165, 1.54) is 72.1 Å². The summed E-state index contributed by atoms with van der Waals surface area (Å²) in [7, 11) is 0. The zero-order valence-corrected chi connectivity index (χ0v) is 88.4. The molecular weight excluding hydrogens is 1660 g/mol. The van der Waals surface area contributed by atoms with Gasteiger partial charge in [0.15, 0.2) is 11.2 Å². The molecule has 0 bridgehead atoms. The third-order valence-corrected chi connectivity index (χ3v) is 29.6. The second kappa shape index (κ2) is 30.9. The number of ether oxygens (including phenoxy) is 2. The second-order valence-corrected chi connectivity index (χ2v) is 52.6. The number of para-hydroxylation sites is 4. The summed E-state index contributed by atoms with van der Waals surface area (Å²) in [5.41, 5.74) is 34.5. The Balaban J connectivity index is 0.972. The van der Waals surface area contributed by atoms with Crippen LogP contribution in [-0.2, 0) is 65.0 Å². The zero-order valence-electron chi connectivity index (χ0n) is 88.4. The van der Waals surface area contributed by atoms with Crippen molar-refractivity contribution in [1.29, 1.82) is 0 Å². The van der Waals surface area contributed by atoms with Gasteiger partial charge in [0.2, 0.25) is 0 Å². The van der Waals surface area contributed by atoms with Crippen molar-refractivity contribution < 1.29 is 18.3 Å². The molecule has 0 aliphatic carbocycles.